The predicted molar refractivity (Wildman–Crippen MR) is 91.8 cm³/mol. The number of nitro benzene ring substituents is 1. The van der Waals surface area contributed by atoms with E-state index in [-0.39, 0.29) is 35.6 Å². The molecule has 0 saturated carbocycles. The summed E-state index contributed by atoms with van der Waals surface area (Å²) >= 11 is 5.67. The molecular formula is C16H16ClF3N4O3. The van der Waals surface area contributed by atoms with Gasteiger partial charge in [0.05, 0.1) is 15.6 Å². The fourth-order valence-corrected chi connectivity index (χ4v) is 2.76. The highest BCUT2D eigenvalue weighted by atomic mass is 35.5. The second-order valence-electron chi connectivity index (χ2n) is 5.79. The van der Waals surface area contributed by atoms with E-state index in [1.807, 2.05) is 0 Å². The lowest BCUT2D eigenvalue weighted by Crippen LogP contribution is -2.26. The standard InChI is InChI=1S/C16H16ClF3N4O3/c1-9-11(5-3-6-12(9)24(26)27)15(25)21-7-4-8-23-10(2)13(17)14(22-23)16(18,19)20/h3,5-6H,4,7-8H2,1-2H3,(H,21,25). The summed E-state index contributed by atoms with van der Waals surface area (Å²) < 4.78 is 39.5. The highest BCUT2D eigenvalue weighted by Gasteiger charge is 2.38. The Morgan fingerprint density at radius 2 is 2.04 bits per heavy atom. The lowest BCUT2D eigenvalue weighted by atomic mass is 10.1. The van der Waals surface area contributed by atoms with Crippen LogP contribution in [0, 0.1) is 24.0 Å². The van der Waals surface area contributed by atoms with Crippen molar-refractivity contribution in [3.8, 4) is 0 Å². The number of amides is 1. The number of carbonyl (C=O) groups excluding carboxylic acids is 1. The molecule has 146 valence electrons. The second kappa shape index (κ2) is 7.95. The molecule has 1 aromatic heterocycles. The van der Waals surface area contributed by atoms with Crippen molar-refractivity contribution in [2.24, 2.45) is 0 Å². The number of benzene rings is 1. The van der Waals surface area contributed by atoms with Gasteiger partial charge in [-0.25, -0.2) is 0 Å². The quantitative estimate of drug-likeness (QED) is 0.449. The number of aromatic nitrogens is 2. The molecule has 0 aliphatic heterocycles. The Kier molecular flexibility index (Phi) is 6.09. The van der Waals surface area contributed by atoms with Gasteiger partial charge in [0.25, 0.3) is 11.6 Å². The van der Waals surface area contributed by atoms with E-state index in [0.29, 0.717) is 6.42 Å². The molecule has 2 rings (SSSR count). The summed E-state index contributed by atoms with van der Waals surface area (Å²) in [6.45, 7) is 3.17. The molecule has 27 heavy (non-hydrogen) atoms. The van der Waals surface area contributed by atoms with Crippen LogP contribution in [-0.4, -0.2) is 27.2 Å². The Morgan fingerprint density at radius 3 is 2.59 bits per heavy atom. The van der Waals surface area contributed by atoms with Crippen LogP contribution in [0.2, 0.25) is 5.02 Å². The van der Waals surface area contributed by atoms with Gasteiger partial charge in [-0.2, -0.15) is 18.3 Å². The molecule has 0 radical (unpaired) electrons. The first-order valence-corrected chi connectivity index (χ1v) is 8.24. The van der Waals surface area contributed by atoms with Crippen molar-refractivity contribution in [3.63, 3.8) is 0 Å². The molecule has 1 aromatic carbocycles. The first-order valence-electron chi connectivity index (χ1n) is 7.86. The minimum atomic E-state index is -4.64. The van der Waals surface area contributed by atoms with Gasteiger partial charge in [0, 0.05) is 30.3 Å². The van der Waals surface area contributed by atoms with Gasteiger partial charge in [-0.1, -0.05) is 17.7 Å². The third-order valence-electron chi connectivity index (χ3n) is 3.98. The van der Waals surface area contributed by atoms with E-state index in [1.54, 1.807) is 0 Å². The molecule has 1 amide bonds. The number of halogens is 4. The number of nitrogens with zero attached hydrogens (tertiary/aromatic N) is 3. The molecule has 11 heteroatoms. The largest absolute Gasteiger partial charge is 0.436 e. The van der Waals surface area contributed by atoms with Crippen LogP contribution < -0.4 is 5.32 Å². The summed E-state index contributed by atoms with van der Waals surface area (Å²) in [7, 11) is 0. The molecule has 0 aliphatic carbocycles. The number of hydrogen-bond acceptors (Lipinski definition) is 4. The molecule has 0 bridgehead atoms. The lowest BCUT2D eigenvalue weighted by molar-refractivity contribution is -0.385. The smallest absolute Gasteiger partial charge is 0.352 e. The van der Waals surface area contributed by atoms with Crippen molar-refractivity contribution in [1.29, 1.82) is 0 Å². The molecule has 2 aromatic rings. The van der Waals surface area contributed by atoms with Crippen LogP contribution in [0.1, 0.15) is 33.7 Å². The Labute approximate surface area is 157 Å². The Balaban J connectivity index is 1.97. The van der Waals surface area contributed by atoms with Gasteiger partial charge < -0.3 is 5.32 Å². The topological polar surface area (TPSA) is 90.1 Å². The average Bonchev–Trinajstić information content (AvgIpc) is 2.86. The first-order chi connectivity index (χ1) is 12.5. The summed E-state index contributed by atoms with van der Waals surface area (Å²) in [5, 5.41) is 16.5. The molecule has 0 atom stereocenters. The second-order valence-corrected chi connectivity index (χ2v) is 6.16. The number of alkyl halides is 3. The van der Waals surface area contributed by atoms with Gasteiger partial charge in [0.1, 0.15) is 0 Å². The Hall–Kier alpha value is -2.62. The van der Waals surface area contributed by atoms with E-state index < -0.39 is 27.7 Å². The lowest BCUT2D eigenvalue weighted by Gasteiger charge is -2.09. The third kappa shape index (κ3) is 4.57. The fraction of sp³-hybridized carbons (Fsp3) is 0.375. The molecule has 1 heterocycles. The van der Waals surface area contributed by atoms with Gasteiger partial charge in [0.15, 0.2) is 5.69 Å². The van der Waals surface area contributed by atoms with Crippen molar-refractivity contribution in [3.05, 3.63) is 55.9 Å². The summed E-state index contributed by atoms with van der Waals surface area (Å²) in [4.78, 5) is 22.5. The molecule has 0 fully saturated rings. The van der Waals surface area contributed by atoms with Crippen molar-refractivity contribution >= 4 is 23.2 Å². The minimum absolute atomic E-state index is 0.121. The summed E-state index contributed by atoms with van der Waals surface area (Å²) in [5.74, 6) is -0.498. The fourth-order valence-electron chi connectivity index (χ4n) is 2.52. The Bertz CT molecular complexity index is 881. The highest BCUT2D eigenvalue weighted by Crippen LogP contribution is 2.35. The van der Waals surface area contributed by atoms with Crippen LogP contribution in [0.3, 0.4) is 0 Å². The summed E-state index contributed by atoms with van der Waals surface area (Å²) in [5.41, 5.74) is -0.710. The molecule has 0 saturated heterocycles. The van der Waals surface area contributed by atoms with Crippen molar-refractivity contribution in [2.45, 2.75) is 33.0 Å². The van der Waals surface area contributed by atoms with Crippen molar-refractivity contribution in [1.82, 2.24) is 15.1 Å². The number of nitro groups is 1. The van der Waals surface area contributed by atoms with Crippen LogP contribution in [0.25, 0.3) is 0 Å². The maximum atomic E-state index is 12.8. The number of aryl methyl sites for hydroxylation is 1. The van der Waals surface area contributed by atoms with Crippen LogP contribution in [0.15, 0.2) is 18.2 Å². The van der Waals surface area contributed by atoms with E-state index >= 15 is 0 Å². The predicted octanol–water partition coefficient (Wildman–Crippen LogP) is 3.90. The zero-order valence-corrected chi connectivity index (χ0v) is 15.2. The first kappa shape index (κ1) is 20.7. The minimum Gasteiger partial charge on any atom is -0.352 e. The number of carbonyl (C=O) groups is 1. The maximum absolute atomic E-state index is 12.8. The van der Waals surface area contributed by atoms with Crippen molar-refractivity contribution < 1.29 is 22.9 Å². The molecule has 7 nitrogen and oxygen atoms in total. The molecular weight excluding hydrogens is 389 g/mol. The average molecular weight is 405 g/mol. The van der Waals surface area contributed by atoms with Crippen LogP contribution >= 0.6 is 11.6 Å². The summed E-state index contributed by atoms with van der Waals surface area (Å²) in [6.07, 6.45) is -4.34. The SMILES string of the molecule is Cc1c(C(=O)NCCCn2nc(C(F)(F)F)c(Cl)c2C)cccc1[N+](=O)[O-]. The third-order valence-corrected chi connectivity index (χ3v) is 4.43. The molecule has 0 unspecified atom stereocenters. The number of rotatable bonds is 6. The normalized spacial score (nSPS) is 11.5. The van der Waals surface area contributed by atoms with Gasteiger partial charge in [0.2, 0.25) is 0 Å². The zero-order valence-electron chi connectivity index (χ0n) is 14.4. The Morgan fingerprint density at radius 1 is 1.37 bits per heavy atom. The van der Waals surface area contributed by atoms with E-state index in [4.69, 9.17) is 11.6 Å². The van der Waals surface area contributed by atoms with Crippen LogP contribution in [0.4, 0.5) is 18.9 Å². The maximum Gasteiger partial charge on any atom is 0.436 e. The van der Waals surface area contributed by atoms with Gasteiger partial charge in [-0.3, -0.25) is 19.6 Å². The number of hydrogen-bond donors (Lipinski definition) is 1. The zero-order chi connectivity index (χ0) is 20.4. The number of nitrogens with one attached hydrogen (secondary N) is 1. The van der Waals surface area contributed by atoms with Gasteiger partial charge in [-0.05, 0) is 26.3 Å². The van der Waals surface area contributed by atoms with Gasteiger partial charge >= 0.3 is 6.18 Å². The van der Waals surface area contributed by atoms with Crippen molar-refractivity contribution in [2.75, 3.05) is 6.54 Å². The molecule has 0 spiro atoms. The van der Waals surface area contributed by atoms with E-state index in [2.05, 4.69) is 10.4 Å². The monoisotopic (exact) mass is 404 g/mol. The van der Waals surface area contributed by atoms with E-state index in [0.717, 1.165) is 4.68 Å². The van der Waals surface area contributed by atoms with Crippen LogP contribution in [-0.2, 0) is 12.7 Å². The highest BCUT2D eigenvalue weighted by molar-refractivity contribution is 6.31. The van der Waals surface area contributed by atoms with Gasteiger partial charge in [-0.15, -0.1) is 0 Å². The molecule has 0 aliphatic rings. The molecule has 1 N–H and O–H groups in total. The van der Waals surface area contributed by atoms with E-state index in [9.17, 15) is 28.1 Å². The summed E-state index contributed by atoms with van der Waals surface area (Å²) in [6, 6.07) is 4.17. The van der Waals surface area contributed by atoms with E-state index in [1.165, 1.54) is 32.0 Å². The van der Waals surface area contributed by atoms with Crippen LogP contribution in [0.5, 0.6) is 0 Å².